The van der Waals surface area contributed by atoms with Gasteiger partial charge in [-0.25, -0.2) is 4.39 Å². The summed E-state index contributed by atoms with van der Waals surface area (Å²) in [5.74, 6) is 0.159. The summed E-state index contributed by atoms with van der Waals surface area (Å²) in [5, 5.41) is 10.3. The molecule has 2 atom stereocenters. The van der Waals surface area contributed by atoms with Crippen LogP contribution in [0.1, 0.15) is 56.6 Å². The van der Waals surface area contributed by atoms with Gasteiger partial charge in [-0.3, -0.25) is 0 Å². The van der Waals surface area contributed by atoms with Crippen LogP contribution in [0.5, 0.6) is 0 Å². The minimum Gasteiger partial charge on any atom is -0.303 e. The second kappa shape index (κ2) is 10.0. The molecule has 3 heteroatoms. The first-order valence-electron chi connectivity index (χ1n) is 11.0. The Morgan fingerprint density at radius 2 is 1.83 bits per heavy atom. The van der Waals surface area contributed by atoms with Crippen molar-refractivity contribution in [2.45, 2.75) is 63.3 Å². The van der Waals surface area contributed by atoms with Crippen LogP contribution in [0.2, 0.25) is 0 Å². The minimum absolute atomic E-state index is 0.235. The topological polar surface area (TPSA) is 27.0 Å². The van der Waals surface area contributed by atoms with Crippen LogP contribution in [-0.2, 0) is 11.8 Å². The number of benzene rings is 2. The Bertz CT molecular complexity index is 792. The lowest BCUT2D eigenvalue weighted by Crippen LogP contribution is -2.41. The zero-order valence-corrected chi connectivity index (χ0v) is 17.8. The molecule has 29 heavy (non-hydrogen) atoms. The number of halogens is 1. The molecule has 1 aliphatic rings. The van der Waals surface area contributed by atoms with Crippen molar-refractivity contribution >= 4 is 0 Å². The normalized spacial score (nSPS) is 17.3. The number of nitrogens with zero attached hydrogens (tertiary/aromatic N) is 2. The molecule has 1 fully saturated rings. The van der Waals surface area contributed by atoms with Gasteiger partial charge in [0, 0.05) is 12.6 Å². The predicted molar refractivity (Wildman–Crippen MR) is 117 cm³/mol. The summed E-state index contributed by atoms with van der Waals surface area (Å²) in [6.07, 6.45) is 7.34. The number of rotatable bonds is 10. The van der Waals surface area contributed by atoms with Gasteiger partial charge in [0.15, 0.2) is 0 Å². The monoisotopic (exact) mass is 392 g/mol. The Hall–Kier alpha value is -2.18. The van der Waals surface area contributed by atoms with Crippen LogP contribution < -0.4 is 0 Å². The standard InChI is InChI=1S/C26H33FN2/c1-3-25(29(2)19-17-21-8-5-4-6-9-21)16-18-26(20-28,22-10-7-11-22)23-12-14-24(27)15-13-23/h4-6,8-9,12-15,22,25H,3,7,10-11,16-19H2,1-2H3. The van der Waals surface area contributed by atoms with E-state index in [2.05, 4.69) is 55.3 Å². The SMILES string of the molecule is CCC(CCC(C#N)(c1ccc(F)cc1)C1CCC1)N(C)CCc1ccccc1. The molecule has 0 bridgehead atoms. The predicted octanol–water partition coefficient (Wildman–Crippen LogP) is 6.12. The Morgan fingerprint density at radius 3 is 2.38 bits per heavy atom. The van der Waals surface area contributed by atoms with Gasteiger partial charge in [0.25, 0.3) is 0 Å². The molecule has 1 aliphatic carbocycles. The maximum atomic E-state index is 13.5. The molecule has 0 amide bonds. The minimum atomic E-state index is -0.486. The van der Waals surface area contributed by atoms with Gasteiger partial charge in [-0.15, -0.1) is 0 Å². The van der Waals surface area contributed by atoms with E-state index in [4.69, 9.17) is 0 Å². The van der Waals surface area contributed by atoms with Crippen LogP contribution in [0.4, 0.5) is 4.39 Å². The van der Waals surface area contributed by atoms with E-state index in [9.17, 15) is 9.65 Å². The molecule has 2 aromatic carbocycles. The summed E-state index contributed by atoms with van der Waals surface area (Å²) < 4.78 is 13.5. The molecular weight excluding hydrogens is 359 g/mol. The van der Waals surface area contributed by atoms with Gasteiger partial charge in [0.05, 0.1) is 11.5 Å². The number of hydrogen-bond donors (Lipinski definition) is 0. The van der Waals surface area contributed by atoms with Crippen molar-refractivity contribution in [3.63, 3.8) is 0 Å². The van der Waals surface area contributed by atoms with Crippen LogP contribution in [0.25, 0.3) is 0 Å². The highest BCUT2D eigenvalue weighted by molar-refractivity contribution is 5.35. The summed E-state index contributed by atoms with van der Waals surface area (Å²) in [6, 6.07) is 20.4. The van der Waals surface area contributed by atoms with Gasteiger partial charge in [0.2, 0.25) is 0 Å². The first-order valence-corrected chi connectivity index (χ1v) is 11.0. The molecule has 0 heterocycles. The summed E-state index contributed by atoms with van der Waals surface area (Å²) >= 11 is 0. The Morgan fingerprint density at radius 1 is 1.14 bits per heavy atom. The highest BCUT2D eigenvalue weighted by Gasteiger charge is 2.43. The number of nitriles is 1. The molecule has 0 radical (unpaired) electrons. The van der Waals surface area contributed by atoms with Crippen molar-refractivity contribution in [1.29, 1.82) is 5.26 Å². The molecule has 2 unspecified atom stereocenters. The third-order valence-electron chi connectivity index (χ3n) is 6.92. The first kappa shape index (κ1) is 21.5. The van der Waals surface area contributed by atoms with E-state index in [0.29, 0.717) is 12.0 Å². The van der Waals surface area contributed by atoms with Gasteiger partial charge in [0.1, 0.15) is 5.82 Å². The van der Waals surface area contributed by atoms with Crippen LogP contribution in [-0.4, -0.2) is 24.5 Å². The van der Waals surface area contributed by atoms with E-state index in [1.807, 2.05) is 12.1 Å². The van der Waals surface area contributed by atoms with Crippen molar-refractivity contribution in [2.75, 3.05) is 13.6 Å². The van der Waals surface area contributed by atoms with E-state index in [1.165, 1.54) is 24.1 Å². The molecule has 154 valence electrons. The Kier molecular flexibility index (Phi) is 7.45. The zero-order valence-electron chi connectivity index (χ0n) is 17.8. The summed E-state index contributed by atoms with van der Waals surface area (Å²) in [6.45, 7) is 3.25. The molecule has 0 N–H and O–H groups in total. The molecule has 0 saturated heterocycles. The van der Waals surface area contributed by atoms with Crippen LogP contribution in [0.3, 0.4) is 0 Å². The van der Waals surface area contributed by atoms with Gasteiger partial charge < -0.3 is 4.90 Å². The summed E-state index contributed by atoms with van der Waals surface area (Å²) in [4.78, 5) is 2.45. The quantitative estimate of drug-likeness (QED) is 0.487. The maximum absolute atomic E-state index is 13.5. The van der Waals surface area contributed by atoms with Crippen molar-refractivity contribution in [1.82, 2.24) is 4.90 Å². The van der Waals surface area contributed by atoms with Gasteiger partial charge in [-0.2, -0.15) is 5.26 Å². The highest BCUT2D eigenvalue weighted by atomic mass is 19.1. The molecule has 0 spiro atoms. The average Bonchev–Trinajstić information content (AvgIpc) is 2.71. The fraction of sp³-hybridized carbons (Fsp3) is 0.500. The molecule has 0 aliphatic heterocycles. The second-order valence-corrected chi connectivity index (χ2v) is 8.53. The van der Waals surface area contributed by atoms with E-state index >= 15 is 0 Å². The van der Waals surface area contributed by atoms with E-state index < -0.39 is 5.41 Å². The van der Waals surface area contributed by atoms with Crippen molar-refractivity contribution in [2.24, 2.45) is 5.92 Å². The maximum Gasteiger partial charge on any atom is 0.123 e. The van der Waals surface area contributed by atoms with Gasteiger partial charge >= 0.3 is 0 Å². The lowest BCUT2D eigenvalue weighted by atomic mass is 9.60. The van der Waals surface area contributed by atoms with Gasteiger partial charge in [-0.1, -0.05) is 55.8 Å². The van der Waals surface area contributed by atoms with Crippen LogP contribution >= 0.6 is 0 Å². The van der Waals surface area contributed by atoms with Crippen molar-refractivity contribution in [3.05, 3.63) is 71.5 Å². The third-order valence-corrected chi connectivity index (χ3v) is 6.92. The Balaban J connectivity index is 1.68. The van der Waals surface area contributed by atoms with Crippen molar-refractivity contribution in [3.8, 4) is 6.07 Å². The van der Waals surface area contributed by atoms with E-state index in [1.54, 1.807) is 0 Å². The smallest absolute Gasteiger partial charge is 0.123 e. The Labute approximate surface area is 175 Å². The fourth-order valence-electron chi connectivity index (χ4n) is 4.71. The van der Waals surface area contributed by atoms with E-state index in [0.717, 1.165) is 50.6 Å². The second-order valence-electron chi connectivity index (χ2n) is 8.53. The third kappa shape index (κ3) is 5.06. The first-order chi connectivity index (χ1) is 14.1. The van der Waals surface area contributed by atoms with Gasteiger partial charge in [-0.05, 0) is 74.8 Å². The number of hydrogen-bond acceptors (Lipinski definition) is 2. The molecule has 2 aromatic rings. The largest absolute Gasteiger partial charge is 0.303 e. The molecule has 1 saturated carbocycles. The van der Waals surface area contributed by atoms with Crippen LogP contribution in [0.15, 0.2) is 54.6 Å². The van der Waals surface area contributed by atoms with Crippen molar-refractivity contribution < 1.29 is 4.39 Å². The summed E-state index contributed by atoms with van der Waals surface area (Å²) in [7, 11) is 2.20. The zero-order chi connectivity index (χ0) is 20.7. The molecule has 3 rings (SSSR count). The molecule has 0 aromatic heterocycles. The van der Waals surface area contributed by atoms with Crippen LogP contribution in [0, 0.1) is 23.1 Å². The lowest BCUT2D eigenvalue weighted by molar-refractivity contribution is 0.165. The number of likely N-dealkylation sites (N-methyl/N-ethyl adjacent to an activating group) is 1. The average molecular weight is 393 g/mol. The summed E-state index contributed by atoms with van der Waals surface area (Å²) in [5.41, 5.74) is 1.87. The highest BCUT2D eigenvalue weighted by Crippen LogP contribution is 2.47. The van der Waals surface area contributed by atoms with E-state index in [-0.39, 0.29) is 5.82 Å². The fourth-order valence-corrected chi connectivity index (χ4v) is 4.71. The lowest BCUT2D eigenvalue weighted by Gasteiger charge is -2.42. The molecular formula is C26H33FN2. The molecule has 2 nitrogen and oxygen atoms in total.